The quantitative estimate of drug-likeness (QED) is 0.667. The molecule has 5 heteroatoms. The van der Waals surface area contributed by atoms with E-state index >= 15 is 0 Å². The predicted octanol–water partition coefficient (Wildman–Crippen LogP) is 3.47. The van der Waals surface area contributed by atoms with Gasteiger partial charge >= 0.3 is 0 Å². The van der Waals surface area contributed by atoms with E-state index < -0.39 is 0 Å². The maximum Gasteiger partial charge on any atom is 0.254 e. The van der Waals surface area contributed by atoms with Crippen LogP contribution in [0.25, 0.3) is 0 Å². The zero-order valence-corrected chi connectivity index (χ0v) is 15.8. The van der Waals surface area contributed by atoms with Crippen LogP contribution in [0, 0.1) is 0 Å². The third-order valence-corrected chi connectivity index (χ3v) is 4.56. The number of rotatable bonds is 8. The van der Waals surface area contributed by atoms with Gasteiger partial charge in [0.15, 0.2) is 0 Å². The maximum absolute atomic E-state index is 12.6. The number of hydrogen-bond acceptors (Lipinski definition) is 3. The Morgan fingerprint density at radius 1 is 1.07 bits per heavy atom. The fraction of sp³-hybridized carbons (Fsp3) is 0.273. The van der Waals surface area contributed by atoms with E-state index in [9.17, 15) is 4.79 Å². The molecule has 3 rings (SSSR count). The van der Waals surface area contributed by atoms with E-state index in [2.05, 4.69) is 22.5 Å². The minimum Gasteiger partial charge on any atom is -0.497 e. The smallest absolute Gasteiger partial charge is 0.254 e. The molecule has 1 N–H and O–H groups in total. The van der Waals surface area contributed by atoms with Crippen LogP contribution >= 0.6 is 0 Å². The summed E-state index contributed by atoms with van der Waals surface area (Å²) in [6.07, 6.45) is 3.20. The van der Waals surface area contributed by atoms with Gasteiger partial charge in [0.2, 0.25) is 0 Å². The lowest BCUT2D eigenvalue weighted by atomic mass is 10.1. The van der Waals surface area contributed by atoms with E-state index in [1.165, 1.54) is 5.56 Å². The Morgan fingerprint density at radius 2 is 1.81 bits per heavy atom. The molecule has 0 unspecified atom stereocenters. The summed E-state index contributed by atoms with van der Waals surface area (Å²) in [6, 6.07) is 18.0. The van der Waals surface area contributed by atoms with Crippen molar-refractivity contribution in [2.24, 2.45) is 0 Å². The standard InChI is InChI=1S/C22H25N3O2/c1-3-21-20(15-24-25(21)16-18-7-5-4-6-8-18)22(26)23-14-13-17-9-11-19(27-2)12-10-17/h4-12,15H,3,13-14,16H2,1-2H3,(H,23,26). The fourth-order valence-corrected chi connectivity index (χ4v) is 3.07. The zero-order chi connectivity index (χ0) is 19.1. The fourth-order valence-electron chi connectivity index (χ4n) is 3.07. The molecule has 1 aromatic heterocycles. The summed E-state index contributed by atoms with van der Waals surface area (Å²) in [5, 5.41) is 7.44. The molecule has 0 atom stereocenters. The van der Waals surface area contributed by atoms with Crippen molar-refractivity contribution in [3.63, 3.8) is 0 Å². The molecule has 3 aromatic rings. The third-order valence-electron chi connectivity index (χ3n) is 4.56. The van der Waals surface area contributed by atoms with Gasteiger partial charge in [-0.15, -0.1) is 0 Å². The minimum absolute atomic E-state index is 0.0697. The molecule has 0 bridgehead atoms. The van der Waals surface area contributed by atoms with Crippen LogP contribution in [0.15, 0.2) is 60.8 Å². The van der Waals surface area contributed by atoms with E-state index in [4.69, 9.17) is 4.74 Å². The Hall–Kier alpha value is -3.08. The van der Waals surface area contributed by atoms with Crippen molar-refractivity contribution >= 4 is 5.91 Å². The normalized spacial score (nSPS) is 10.6. The number of benzene rings is 2. The van der Waals surface area contributed by atoms with Gasteiger partial charge in [0.1, 0.15) is 5.75 Å². The van der Waals surface area contributed by atoms with Crippen molar-refractivity contribution in [1.82, 2.24) is 15.1 Å². The number of nitrogens with one attached hydrogen (secondary N) is 1. The highest BCUT2D eigenvalue weighted by Gasteiger charge is 2.16. The molecule has 0 fully saturated rings. The molecule has 2 aromatic carbocycles. The highest BCUT2D eigenvalue weighted by atomic mass is 16.5. The Balaban J connectivity index is 1.60. The van der Waals surface area contributed by atoms with Crippen LogP contribution < -0.4 is 10.1 Å². The van der Waals surface area contributed by atoms with Crippen LogP contribution in [0.3, 0.4) is 0 Å². The Bertz CT molecular complexity index is 870. The van der Waals surface area contributed by atoms with Gasteiger partial charge in [0.25, 0.3) is 5.91 Å². The first-order valence-electron chi connectivity index (χ1n) is 9.21. The van der Waals surface area contributed by atoms with E-state index in [0.717, 1.165) is 29.8 Å². The molecular formula is C22H25N3O2. The number of carbonyl (C=O) groups excluding carboxylic acids is 1. The second-order valence-electron chi connectivity index (χ2n) is 6.36. The molecule has 0 aliphatic carbocycles. The van der Waals surface area contributed by atoms with Crippen molar-refractivity contribution in [1.29, 1.82) is 0 Å². The molecule has 0 saturated carbocycles. The summed E-state index contributed by atoms with van der Waals surface area (Å²) in [5.74, 6) is 0.765. The van der Waals surface area contributed by atoms with Crippen molar-refractivity contribution < 1.29 is 9.53 Å². The number of hydrogen-bond donors (Lipinski definition) is 1. The average Bonchev–Trinajstić information content (AvgIpc) is 3.11. The maximum atomic E-state index is 12.6. The van der Waals surface area contributed by atoms with Crippen molar-refractivity contribution in [2.45, 2.75) is 26.3 Å². The van der Waals surface area contributed by atoms with E-state index in [1.807, 2.05) is 54.1 Å². The summed E-state index contributed by atoms with van der Waals surface area (Å²) in [5.41, 5.74) is 3.94. The van der Waals surface area contributed by atoms with Crippen molar-refractivity contribution in [2.75, 3.05) is 13.7 Å². The summed E-state index contributed by atoms with van der Waals surface area (Å²) < 4.78 is 7.07. The number of carbonyl (C=O) groups is 1. The molecule has 5 nitrogen and oxygen atoms in total. The van der Waals surface area contributed by atoms with Gasteiger partial charge in [-0.3, -0.25) is 9.48 Å². The average molecular weight is 363 g/mol. The van der Waals surface area contributed by atoms with Crippen molar-refractivity contribution in [3.8, 4) is 5.75 Å². The van der Waals surface area contributed by atoms with Crippen LogP contribution in [0.4, 0.5) is 0 Å². The largest absolute Gasteiger partial charge is 0.497 e. The van der Waals surface area contributed by atoms with Gasteiger partial charge < -0.3 is 10.1 Å². The molecule has 0 radical (unpaired) electrons. The summed E-state index contributed by atoms with van der Waals surface area (Å²) >= 11 is 0. The van der Waals surface area contributed by atoms with E-state index in [-0.39, 0.29) is 5.91 Å². The lowest BCUT2D eigenvalue weighted by Gasteiger charge is -2.09. The second kappa shape index (κ2) is 9.03. The number of aromatic nitrogens is 2. The van der Waals surface area contributed by atoms with Crippen LogP contribution in [0.1, 0.15) is 34.1 Å². The highest BCUT2D eigenvalue weighted by Crippen LogP contribution is 2.13. The molecule has 140 valence electrons. The number of amides is 1. The Kier molecular flexibility index (Phi) is 6.26. The van der Waals surface area contributed by atoms with Crippen LogP contribution in [-0.4, -0.2) is 29.3 Å². The van der Waals surface area contributed by atoms with Gasteiger partial charge in [0, 0.05) is 6.54 Å². The molecule has 0 aliphatic heterocycles. The van der Waals surface area contributed by atoms with Gasteiger partial charge in [-0.1, -0.05) is 49.4 Å². The SMILES string of the molecule is CCc1c(C(=O)NCCc2ccc(OC)cc2)cnn1Cc1ccccc1. The monoisotopic (exact) mass is 363 g/mol. The van der Waals surface area contributed by atoms with Crippen LogP contribution in [0.2, 0.25) is 0 Å². The summed E-state index contributed by atoms with van der Waals surface area (Å²) in [7, 11) is 1.65. The van der Waals surface area contributed by atoms with Gasteiger partial charge in [-0.25, -0.2) is 0 Å². The molecule has 1 heterocycles. The number of methoxy groups -OCH3 is 1. The van der Waals surface area contributed by atoms with E-state index in [1.54, 1.807) is 13.3 Å². The molecule has 27 heavy (non-hydrogen) atoms. The molecular weight excluding hydrogens is 338 g/mol. The van der Waals surface area contributed by atoms with E-state index in [0.29, 0.717) is 18.7 Å². The van der Waals surface area contributed by atoms with Gasteiger partial charge in [0.05, 0.1) is 31.1 Å². The molecule has 0 saturated heterocycles. The Morgan fingerprint density at radius 3 is 2.48 bits per heavy atom. The number of nitrogens with zero attached hydrogens (tertiary/aromatic N) is 2. The van der Waals surface area contributed by atoms with Crippen LogP contribution in [-0.2, 0) is 19.4 Å². The first-order valence-corrected chi connectivity index (χ1v) is 9.21. The first kappa shape index (κ1) is 18.7. The first-order chi connectivity index (χ1) is 13.2. The second-order valence-corrected chi connectivity index (χ2v) is 6.36. The summed E-state index contributed by atoms with van der Waals surface area (Å²) in [4.78, 5) is 12.6. The number of ether oxygens (including phenoxy) is 1. The summed E-state index contributed by atoms with van der Waals surface area (Å²) in [6.45, 7) is 3.30. The minimum atomic E-state index is -0.0697. The lowest BCUT2D eigenvalue weighted by Crippen LogP contribution is -2.26. The predicted molar refractivity (Wildman–Crippen MR) is 106 cm³/mol. The zero-order valence-electron chi connectivity index (χ0n) is 15.8. The van der Waals surface area contributed by atoms with Crippen molar-refractivity contribution in [3.05, 3.63) is 83.2 Å². The highest BCUT2D eigenvalue weighted by molar-refractivity contribution is 5.95. The van der Waals surface area contributed by atoms with Gasteiger partial charge in [-0.2, -0.15) is 5.10 Å². The van der Waals surface area contributed by atoms with Crippen LogP contribution in [0.5, 0.6) is 5.75 Å². The molecule has 0 spiro atoms. The Labute approximate surface area is 160 Å². The molecule has 1 amide bonds. The topological polar surface area (TPSA) is 56.1 Å². The lowest BCUT2D eigenvalue weighted by molar-refractivity contribution is 0.0953. The third kappa shape index (κ3) is 4.76. The van der Waals surface area contributed by atoms with Gasteiger partial charge in [-0.05, 0) is 36.1 Å². The molecule has 0 aliphatic rings.